The third-order valence-corrected chi connectivity index (χ3v) is 7.13. The van der Waals surface area contributed by atoms with Gasteiger partial charge in [-0.3, -0.25) is 0 Å². The van der Waals surface area contributed by atoms with Crippen LogP contribution in [0.15, 0.2) is 41.4 Å². The molecule has 3 aromatic rings. The Bertz CT molecular complexity index is 1660. The number of halogens is 1. The van der Waals surface area contributed by atoms with Crippen LogP contribution in [0.3, 0.4) is 0 Å². The minimum atomic E-state index is -3.62. The fourth-order valence-corrected chi connectivity index (χ4v) is 4.60. The second-order valence-corrected chi connectivity index (χ2v) is 14.3. The molecule has 0 aliphatic rings. The standard InChI is InChI=1S/C28H36ClN5O9S/c1-16(41-23(35)22(27(2,3)4)31-25(36)43-28(5,6)7)42-26(37)34(24-30-21-13-10-17(29)15-33(21)32-24)19-12-11-18(44(9,38)39)14-20(19)40-8/h10-16,22H,1-9H3,(H,31,36)/t16?,22-/m1/s1. The number of alkyl carbamates (subject to hydrolysis) is 1. The molecule has 2 aromatic heterocycles. The molecule has 16 heteroatoms. The van der Waals surface area contributed by atoms with Gasteiger partial charge in [0.15, 0.2) is 15.5 Å². The molecule has 0 aliphatic carbocycles. The van der Waals surface area contributed by atoms with Crippen LogP contribution in [0.1, 0.15) is 48.5 Å². The number of hydrogen-bond acceptors (Lipinski definition) is 11. The molecule has 0 saturated carbocycles. The summed E-state index contributed by atoms with van der Waals surface area (Å²) in [5.41, 5.74) is -1.25. The van der Waals surface area contributed by atoms with E-state index in [0.717, 1.165) is 11.2 Å². The predicted molar refractivity (Wildman–Crippen MR) is 161 cm³/mol. The number of hydrogen-bond donors (Lipinski definition) is 1. The molecule has 0 fully saturated rings. The molecule has 44 heavy (non-hydrogen) atoms. The maximum atomic E-state index is 13.7. The summed E-state index contributed by atoms with van der Waals surface area (Å²) in [6.07, 6.45) is -0.886. The first-order chi connectivity index (χ1) is 20.2. The van der Waals surface area contributed by atoms with Gasteiger partial charge in [-0.2, -0.15) is 4.98 Å². The van der Waals surface area contributed by atoms with Gasteiger partial charge < -0.3 is 24.3 Å². The van der Waals surface area contributed by atoms with E-state index >= 15 is 0 Å². The van der Waals surface area contributed by atoms with Gasteiger partial charge in [0.05, 0.1) is 22.7 Å². The Morgan fingerprint density at radius 2 is 1.70 bits per heavy atom. The molecule has 2 atom stereocenters. The summed E-state index contributed by atoms with van der Waals surface area (Å²) >= 11 is 6.08. The minimum Gasteiger partial charge on any atom is -0.495 e. The lowest BCUT2D eigenvalue weighted by Crippen LogP contribution is -2.52. The Morgan fingerprint density at radius 1 is 1.05 bits per heavy atom. The third kappa shape index (κ3) is 8.72. The SMILES string of the molecule is COc1cc(S(C)(=O)=O)ccc1N(C(=O)OC(C)OC(=O)[C@@H](NC(=O)OC(C)(C)C)C(C)(C)C)c1nc2ccc(Cl)cn2n1. The topological polar surface area (TPSA) is 168 Å². The second-order valence-electron chi connectivity index (χ2n) is 11.8. The number of rotatable bonds is 8. The van der Waals surface area contributed by atoms with Crippen LogP contribution in [-0.2, 0) is 28.8 Å². The maximum absolute atomic E-state index is 13.7. The Hall–Kier alpha value is -4.11. The summed E-state index contributed by atoms with van der Waals surface area (Å²) in [6, 6.07) is 5.82. The summed E-state index contributed by atoms with van der Waals surface area (Å²) in [5, 5.41) is 7.18. The molecular weight excluding hydrogens is 618 g/mol. The number of sulfone groups is 1. The molecule has 240 valence electrons. The van der Waals surface area contributed by atoms with Crippen molar-refractivity contribution in [3.63, 3.8) is 0 Å². The van der Waals surface area contributed by atoms with Crippen molar-refractivity contribution < 1.29 is 41.7 Å². The first-order valence-corrected chi connectivity index (χ1v) is 15.6. The van der Waals surface area contributed by atoms with Gasteiger partial charge in [-0.05, 0) is 50.5 Å². The zero-order chi connectivity index (χ0) is 33.2. The quantitative estimate of drug-likeness (QED) is 0.259. The van der Waals surface area contributed by atoms with Crippen molar-refractivity contribution in [3.05, 3.63) is 41.6 Å². The van der Waals surface area contributed by atoms with Crippen LogP contribution in [0.5, 0.6) is 5.75 Å². The van der Waals surface area contributed by atoms with E-state index in [2.05, 4.69) is 15.4 Å². The number of benzene rings is 1. The van der Waals surface area contributed by atoms with E-state index in [1.54, 1.807) is 53.7 Å². The van der Waals surface area contributed by atoms with Crippen molar-refractivity contribution in [1.29, 1.82) is 0 Å². The fraction of sp³-hybridized carbons (Fsp3) is 0.464. The summed E-state index contributed by atoms with van der Waals surface area (Å²) in [7, 11) is -2.33. The van der Waals surface area contributed by atoms with E-state index in [-0.39, 0.29) is 22.3 Å². The lowest BCUT2D eigenvalue weighted by atomic mass is 9.87. The van der Waals surface area contributed by atoms with E-state index in [9.17, 15) is 22.8 Å². The van der Waals surface area contributed by atoms with Gasteiger partial charge >= 0.3 is 18.2 Å². The summed E-state index contributed by atoms with van der Waals surface area (Å²) in [6.45, 7) is 11.5. The van der Waals surface area contributed by atoms with Crippen molar-refractivity contribution >= 4 is 56.9 Å². The van der Waals surface area contributed by atoms with Crippen LogP contribution in [0.4, 0.5) is 21.2 Å². The van der Waals surface area contributed by atoms with Gasteiger partial charge in [0.1, 0.15) is 17.4 Å². The molecule has 2 heterocycles. The summed E-state index contributed by atoms with van der Waals surface area (Å²) in [4.78, 5) is 44.5. The smallest absolute Gasteiger partial charge is 0.424 e. The molecule has 0 saturated heterocycles. The Balaban J connectivity index is 1.94. The first-order valence-electron chi connectivity index (χ1n) is 13.3. The number of pyridine rings is 1. The van der Waals surface area contributed by atoms with Crippen molar-refractivity contribution in [1.82, 2.24) is 19.9 Å². The van der Waals surface area contributed by atoms with Crippen LogP contribution in [-0.4, -0.2) is 72.5 Å². The van der Waals surface area contributed by atoms with E-state index in [0.29, 0.717) is 10.7 Å². The Kier molecular flexibility index (Phi) is 10.0. The van der Waals surface area contributed by atoms with E-state index in [1.165, 1.54) is 42.9 Å². The van der Waals surface area contributed by atoms with Crippen molar-refractivity contribution in [2.75, 3.05) is 18.3 Å². The number of aromatic nitrogens is 3. The van der Waals surface area contributed by atoms with Gasteiger partial charge in [0.2, 0.25) is 6.29 Å². The van der Waals surface area contributed by atoms with Crippen molar-refractivity contribution in [2.45, 2.75) is 71.3 Å². The van der Waals surface area contributed by atoms with Crippen LogP contribution < -0.4 is 15.0 Å². The molecule has 1 aromatic carbocycles. The van der Waals surface area contributed by atoms with Crippen LogP contribution in [0, 0.1) is 5.41 Å². The Morgan fingerprint density at radius 3 is 2.27 bits per heavy atom. The van der Waals surface area contributed by atoms with Gasteiger partial charge in [-0.1, -0.05) is 32.4 Å². The number of nitrogens with one attached hydrogen (secondary N) is 1. The average Bonchev–Trinajstić information content (AvgIpc) is 3.27. The van der Waals surface area contributed by atoms with Crippen LogP contribution in [0.25, 0.3) is 5.65 Å². The predicted octanol–water partition coefficient (Wildman–Crippen LogP) is 4.90. The highest BCUT2D eigenvalue weighted by atomic mass is 35.5. The zero-order valence-corrected chi connectivity index (χ0v) is 27.4. The third-order valence-electron chi connectivity index (χ3n) is 5.80. The number of carbonyl (C=O) groups excluding carboxylic acids is 3. The zero-order valence-electron chi connectivity index (χ0n) is 25.9. The number of anilines is 2. The van der Waals surface area contributed by atoms with Crippen LogP contribution in [0.2, 0.25) is 5.02 Å². The normalized spacial score (nSPS) is 13.5. The fourth-order valence-electron chi connectivity index (χ4n) is 3.81. The molecule has 0 aliphatic heterocycles. The first kappa shape index (κ1) is 34.4. The molecule has 3 rings (SSSR count). The second kappa shape index (κ2) is 12.9. The van der Waals surface area contributed by atoms with E-state index < -0.39 is 51.3 Å². The lowest BCUT2D eigenvalue weighted by Gasteiger charge is -2.31. The van der Waals surface area contributed by atoms with Crippen molar-refractivity contribution in [3.8, 4) is 5.75 Å². The molecule has 1 unspecified atom stereocenters. The van der Waals surface area contributed by atoms with Gasteiger partial charge in [-0.15, -0.1) is 5.10 Å². The van der Waals surface area contributed by atoms with E-state index in [1.807, 2.05) is 0 Å². The molecular formula is C28H36ClN5O9S. The molecule has 2 amide bonds. The summed E-state index contributed by atoms with van der Waals surface area (Å²) < 4.78 is 47.2. The molecule has 1 N–H and O–H groups in total. The number of ether oxygens (including phenoxy) is 4. The number of fused-ring (bicyclic) bond motifs is 1. The number of esters is 1. The highest BCUT2D eigenvalue weighted by molar-refractivity contribution is 7.90. The number of nitrogens with zero attached hydrogens (tertiary/aromatic N) is 4. The number of carbonyl (C=O) groups is 3. The number of methoxy groups -OCH3 is 1. The molecule has 14 nitrogen and oxygen atoms in total. The highest BCUT2D eigenvalue weighted by Gasteiger charge is 2.37. The van der Waals surface area contributed by atoms with Gasteiger partial charge in [-0.25, -0.2) is 32.2 Å². The van der Waals surface area contributed by atoms with E-state index in [4.69, 9.17) is 30.5 Å². The lowest BCUT2D eigenvalue weighted by molar-refractivity contribution is -0.169. The van der Waals surface area contributed by atoms with Gasteiger partial charge in [0, 0.05) is 25.4 Å². The Labute approximate surface area is 260 Å². The minimum absolute atomic E-state index is 0.0132. The monoisotopic (exact) mass is 653 g/mol. The molecule has 0 radical (unpaired) electrons. The highest BCUT2D eigenvalue weighted by Crippen LogP contribution is 2.35. The summed E-state index contributed by atoms with van der Waals surface area (Å²) in [5.74, 6) is -1.08. The average molecular weight is 654 g/mol. The molecule has 0 bridgehead atoms. The largest absolute Gasteiger partial charge is 0.495 e. The molecule has 0 spiro atoms. The number of amides is 2. The van der Waals surface area contributed by atoms with Crippen molar-refractivity contribution in [2.24, 2.45) is 5.41 Å². The van der Waals surface area contributed by atoms with Crippen LogP contribution >= 0.6 is 11.6 Å². The maximum Gasteiger partial charge on any atom is 0.424 e. The van der Waals surface area contributed by atoms with Gasteiger partial charge in [0.25, 0.3) is 5.95 Å².